The lowest BCUT2D eigenvalue weighted by Crippen LogP contribution is -2.33. The summed E-state index contributed by atoms with van der Waals surface area (Å²) in [5.74, 6) is -0.151. The summed E-state index contributed by atoms with van der Waals surface area (Å²) < 4.78 is 0. The van der Waals surface area contributed by atoms with E-state index < -0.39 is 6.04 Å². The third kappa shape index (κ3) is 1.91. The van der Waals surface area contributed by atoms with Crippen LogP contribution < -0.4 is 5.32 Å². The van der Waals surface area contributed by atoms with Crippen LogP contribution in [0.3, 0.4) is 0 Å². The number of hydrogen-bond donors (Lipinski definition) is 2. The first-order valence-electron chi connectivity index (χ1n) is 5.31. The van der Waals surface area contributed by atoms with Crippen LogP contribution >= 0.6 is 0 Å². The van der Waals surface area contributed by atoms with Crippen molar-refractivity contribution in [2.45, 2.75) is 25.8 Å². The van der Waals surface area contributed by atoms with Gasteiger partial charge in [-0.1, -0.05) is 6.92 Å². The fraction of sp³-hybridized carbons (Fsp3) is 0.500. The molecule has 0 saturated carbocycles. The molecule has 6 nitrogen and oxygen atoms in total. The number of aromatic nitrogens is 2. The van der Waals surface area contributed by atoms with E-state index >= 15 is 0 Å². The normalized spacial score (nSPS) is 20.3. The fourth-order valence-corrected chi connectivity index (χ4v) is 1.77. The highest BCUT2D eigenvalue weighted by molar-refractivity contribution is 6.04. The second kappa shape index (κ2) is 4.34. The number of H-pyrrole nitrogens is 1. The summed E-state index contributed by atoms with van der Waals surface area (Å²) in [4.78, 5) is 31.4. The maximum absolute atomic E-state index is 11.8. The third-order valence-corrected chi connectivity index (χ3v) is 2.53. The minimum atomic E-state index is -0.459. The van der Waals surface area contributed by atoms with E-state index in [4.69, 9.17) is 0 Å². The summed E-state index contributed by atoms with van der Waals surface area (Å²) in [5, 5.41) is 2.67. The van der Waals surface area contributed by atoms with E-state index in [0.29, 0.717) is 13.0 Å². The van der Waals surface area contributed by atoms with Crippen LogP contribution in [0.4, 0.5) is 4.79 Å². The zero-order valence-electron chi connectivity index (χ0n) is 9.06. The first-order valence-corrected chi connectivity index (χ1v) is 5.31. The average Bonchev–Trinajstić information content (AvgIpc) is 2.84. The maximum atomic E-state index is 11.8. The molecule has 0 bridgehead atoms. The lowest BCUT2D eigenvalue weighted by Gasteiger charge is -2.10. The largest absolute Gasteiger partial charge is 0.348 e. The molecule has 86 valence electrons. The Balaban J connectivity index is 2.03. The highest BCUT2D eigenvalue weighted by atomic mass is 16.2. The van der Waals surface area contributed by atoms with Gasteiger partial charge in [0.1, 0.15) is 6.04 Å². The van der Waals surface area contributed by atoms with E-state index in [9.17, 15) is 9.59 Å². The van der Waals surface area contributed by atoms with Crippen molar-refractivity contribution in [3.63, 3.8) is 0 Å². The van der Waals surface area contributed by atoms with Crippen LogP contribution in [-0.4, -0.2) is 39.4 Å². The molecule has 0 aromatic carbocycles. The first kappa shape index (κ1) is 10.7. The molecule has 6 heteroatoms. The first-order chi connectivity index (χ1) is 7.72. The topological polar surface area (TPSA) is 78.1 Å². The maximum Gasteiger partial charge on any atom is 0.324 e. The van der Waals surface area contributed by atoms with Crippen LogP contribution in [0.1, 0.15) is 19.0 Å². The molecule has 1 saturated heterocycles. The number of imidazole rings is 1. The molecule has 0 spiro atoms. The van der Waals surface area contributed by atoms with Gasteiger partial charge in [-0.25, -0.2) is 9.78 Å². The number of imide groups is 1. The number of carbonyl (C=O) groups excluding carboxylic acids is 2. The van der Waals surface area contributed by atoms with Gasteiger partial charge in [-0.15, -0.1) is 0 Å². The van der Waals surface area contributed by atoms with Gasteiger partial charge in [-0.3, -0.25) is 9.69 Å². The summed E-state index contributed by atoms with van der Waals surface area (Å²) >= 11 is 0. The fourth-order valence-electron chi connectivity index (χ4n) is 1.77. The molecule has 0 aliphatic carbocycles. The minimum Gasteiger partial charge on any atom is -0.348 e. The monoisotopic (exact) mass is 222 g/mol. The molecule has 1 aromatic rings. The van der Waals surface area contributed by atoms with Gasteiger partial charge in [0.15, 0.2) is 0 Å². The zero-order chi connectivity index (χ0) is 11.5. The van der Waals surface area contributed by atoms with Crippen molar-refractivity contribution < 1.29 is 9.59 Å². The van der Waals surface area contributed by atoms with Gasteiger partial charge in [0.25, 0.3) is 5.91 Å². The quantitative estimate of drug-likeness (QED) is 0.718. The Morgan fingerprint density at radius 3 is 2.94 bits per heavy atom. The Hall–Kier alpha value is -1.85. The molecule has 1 aromatic heterocycles. The summed E-state index contributed by atoms with van der Waals surface area (Å²) in [5.41, 5.74) is 0.844. The van der Waals surface area contributed by atoms with Crippen LogP contribution in [0.25, 0.3) is 0 Å². The van der Waals surface area contributed by atoms with E-state index in [-0.39, 0.29) is 11.9 Å². The number of carbonyl (C=O) groups is 2. The van der Waals surface area contributed by atoms with Crippen molar-refractivity contribution >= 4 is 11.9 Å². The van der Waals surface area contributed by atoms with Gasteiger partial charge < -0.3 is 10.3 Å². The molecule has 0 radical (unpaired) electrons. The summed E-state index contributed by atoms with van der Waals surface area (Å²) in [7, 11) is 0. The lowest BCUT2D eigenvalue weighted by molar-refractivity contribution is -0.127. The Morgan fingerprint density at radius 1 is 1.50 bits per heavy atom. The Labute approximate surface area is 93.0 Å². The SMILES string of the molecule is CCCN1C(=O)NC(Cc2cnc[nH]2)C1=O. The van der Waals surface area contributed by atoms with Crippen LogP contribution in [0, 0.1) is 0 Å². The van der Waals surface area contributed by atoms with Crippen molar-refractivity contribution in [3.05, 3.63) is 18.2 Å². The van der Waals surface area contributed by atoms with Gasteiger partial charge in [-0.05, 0) is 6.42 Å². The summed E-state index contributed by atoms with van der Waals surface area (Å²) in [6.45, 7) is 2.41. The van der Waals surface area contributed by atoms with Crippen LogP contribution in [0.5, 0.6) is 0 Å². The number of nitrogens with one attached hydrogen (secondary N) is 2. The molecule has 1 atom stereocenters. The van der Waals surface area contributed by atoms with Crippen LogP contribution in [0.2, 0.25) is 0 Å². The molecule has 1 aliphatic heterocycles. The van der Waals surface area contributed by atoms with Gasteiger partial charge in [0.2, 0.25) is 0 Å². The van der Waals surface area contributed by atoms with Crippen molar-refractivity contribution in [1.82, 2.24) is 20.2 Å². The van der Waals surface area contributed by atoms with Gasteiger partial charge >= 0.3 is 6.03 Å². The number of urea groups is 1. The lowest BCUT2D eigenvalue weighted by atomic mass is 10.1. The van der Waals surface area contributed by atoms with E-state index in [1.54, 1.807) is 12.5 Å². The highest BCUT2D eigenvalue weighted by Gasteiger charge is 2.37. The molecule has 1 aliphatic rings. The summed E-state index contributed by atoms with van der Waals surface area (Å²) in [6, 6.07) is -0.754. The third-order valence-electron chi connectivity index (χ3n) is 2.53. The Kier molecular flexibility index (Phi) is 2.89. The second-order valence-corrected chi connectivity index (χ2v) is 3.77. The van der Waals surface area contributed by atoms with Crippen LogP contribution in [0.15, 0.2) is 12.5 Å². The standard InChI is InChI=1S/C10H14N4O2/c1-2-3-14-9(15)8(13-10(14)16)4-7-5-11-6-12-7/h5-6,8H,2-4H2,1H3,(H,11,12)(H,13,16). The molecule has 1 fully saturated rings. The average molecular weight is 222 g/mol. The van der Waals surface area contributed by atoms with Gasteiger partial charge in [-0.2, -0.15) is 0 Å². The second-order valence-electron chi connectivity index (χ2n) is 3.77. The predicted molar refractivity (Wildman–Crippen MR) is 56.6 cm³/mol. The van der Waals surface area contributed by atoms with Crippen molar-refractivity contribution in [1.29, 1.82) is 0 Å². The number of hydrogen-bond acceptors (Lipinski definition) is 3. The highest BCUT2D eigenvalue weighted by Crippen LogP contribution is 2.10. The predicted octanol–water partition coefficient (Wildman–Crippen LogP) is 0.283. The minimum absolute atomic E-state index is 0.151. The van der Waals surface area contributed by atoms with Crippen molar-refractivity contribution in [2.24, 2.45) is 0 Å². The smallest absolute Gasteiger partial charge is 0.324 e. The molecule has 1 unspecified atom stereocenters. The van der Waals surface area contributed by atoms with Crippen molar-refractivity contribution in [3.8, 4) is 0 Å². The number of rotatable bonds is 4. The molecule has 2 heterocycles. The number of aromatic amines is 1. The van der Waals surface area contributed by atoms with Gasteiger partial charge in [0, 0.05) is 24.9 Å². The van der Waals surface area contributed by atoms with E-state index in [2.05, 4.69) is 15.3 Å². The van der Waals surface area contributed by atoms with E-state index in [1.807, 2.05) is 6.92 Å². The molecular formula is C10H14N4O2. The zero-order valence-corrected chi connectivity index (χ0v) is 9.06. The number of nitrogens with zero attached hydrogens (tertiary/aromatic N) is 2. The van der Waals surface area contributed by atoms with E-state index in [0.717, 1.165) is 12.1 Å². The molecule has 2 rings (SSSR count). The van der Waals surface area contributed by atoms with E-state index in [1.165, 1.54) is 4.90 Å². The molecule has 3 amide bonds. The van der Waals surface area contributed by atoms with Crippen molar-refractivity contribution in [2.75, 3.05) is 6.54 Å². The van der Waals surface area contributed by atoms with Crippen LogP contribution in [-0.2, 0) is 11.2 Å². The Bertz CT molecular complexity index is 388. The Morgan fingerprint density at radius 2 is 2.31 bits per heavy atom. The molecular weight excluding hydrogens is 208 g/mol. The molecule has 2 N–H and O–H groups in total. The summed E-state index contributed by atoms with van der Waals surface area (Å²) in [6.07, 6.45) is 4.45. The number of amides is 3. The molecule has 16 heavy (non-hydrogen) atoms. The van der Waals surface area contributed by atoms with Gasteiger partial charge in [0.05, 0.1) is 6.33 Å².